The number of rotatable bonds is 5. The minimum absolute atomic E-state index is 0.0152. The van der Waals surface area contributed by atoms with E-state index < -0.39 is 70.5 Å². The molecule has 0 unspecified atom stereocenters. The number of alkyl halides is 12. The number of esters is 2. The van der Waals surface area contributed by atoms with Gasteiger partial charge in [0.05, 0.1) is 31.3 Å². The fraction of sp³-hybridized carbons (Fsp3) is 0.308. The predicted octanol–water partition coefficient (Wildman–Crippen LogP) is 7.95. The highest BCUT2D eigenvalue weighted by Crippen LogP contribution is 2.33. The molecular formula is C26H19BrF12N6O4. The van der Waals surface area contributed by atoms with Gasteiger partial charge in [0.2, 0.25) is 0 Å². The van der Waals surface area contributed by atoms with Crippen molar-refractivity contribution in [2.75, 3.05) is 13.2 Å². The van der Waals surface area contributed by atoms with Gasteiger partial charge in [-0.05, 0) is 54.0 Å². The number of H-pyrrole nitrogens is 1. The summed E-state index contributed by atoms with van der Waals surface area (Å²) >= 11 is 2.98. The normalized spacial score (nSPS) is 11.9. The van der Waals surface area contributed by atoms with Crippen LogP contribution in [-0.2, 0) is 34.2 Å². The third kappa shape index (κ3) is 11.7. The molecule has 0 aliphatic carbocycles. The minimum atomic E-state index is -4.94. The molecule has 0 aliphatic rings. The number of hydrogen-bond acceptors (Lipinski definition) is 8. The van der Waals surface area contributed by atoms with E-state index in [9.17, 15) is 62.3 Å². The van der Waals surface area contributed by atoms with E-state index in [0.717, 1.165) is 30.7 Å². The molecule has 0 fully saturated rings. The summed E-state index contributed by atoms with van der Waals surface area (Å²) in [5.41, 5.74) is -6.38. The summed E-state index contributed by atoms with van der Waals surface area (Å²) in [5, 5.41) is 8.07. The first kappa shape index (κ1) is 40.5. The van der Waals surface area contributed by atoms with Crippen LogP contribution in [0.5, 0.6) is 0 Å². The molecule has 10 nitrogen and oxygen atoms in total. The Morgan fingerprint density at radius 1 is 0.714 bits per heavy atom. The molecule has 0 bridgehead atoms. The van der Waals surface area contributed by atoms with E-state index in [0.29, 0.717) is 21.4 Å². The summed E-state index contributed by atoms with van der Waals surface area (Å²) in [5.74, 6) is -2.27. The lowest BCUT2D eigenvalue weighted by Gasteiger charge is -2.06. The van der Waals surface area contributed by atoms with Gasteiger partial charge in [0, 0.05) is 16.9 Å². The summed E-state index contributed by atoms with van der Waals surface area (Å²) in [4.78, 5) is 28.9. The SMILES string of the molecule is CCOC(=O)c1cn(-c2ccc(C(F)(F)F)nc2)nc1C(F)(F)F.CCOC(=O)c1cn[nH]c1C(F)(F)F.FC(F)(F)c1ccc(Br)cn1. The Morgan fingerprint density at radius 2 is 1.22 bits per heavy atom. The van der Waals surface area contributed by atoms with E-state index in [4.69, 9.17) is 0 Å². The van der Waals surface area contributed by atoms with Crippen molar-refractivity contribution < 1.29 is 71.7 Å². The average Bonchev–Trinajstić information content (AvgIpc) is 3.67. The van der Waals surface area contributed by atoms with Crippen molar-refractivity contribution in [1.82, 2.24) is 29.9 Å². The van der Waals surface area contributed by atoms with E-state index >= 15 is 0 Å². The fourth-order valence-electron chi connectivity index (χ4n) is 3.17. The van der Waals surface area contributed by atoms with Crippen molar-refractivity contribution in [1.29, 1.82) is 0 Å². The molecule has 1 N–H and O–H groups in total. The van der Waals surface area contributed by atoms with Crippen molar-refractivity contribution in [3.8, 4) is 5.69 Å². The van der Waals surface area contributed by atoms with E-state index in [1.165, 1.54) is 19.9 Å². The second kappa shape index (κ2) is 16.1. The van der Waals surface area contributed by atoms with Crippen LogP contribution in [-0.4, -0.2) is 55.1 Å². The van der Waals surface area contributed by atoms with Gasteiger partial charge >= 0.3 is 36.6 Å². The van der Waals surface area contributed by atoms with Crippen molar-refractivity contribution >= 4 is 27.9 Å². The molecule has 23 heteroatoms. The molecule has 4 aromatic rings. The quantitative estimate of drug-likeness (QED) is 0.160. The maximum absolute atomic E-state index is 13.0. The van der Waals surface area contributed by atoms with Gasteiger partial charge in [-0.25, -0.2) is 19.3 Å². The Balaban J connectivity index is 0.000000282. The number of halogens is 13. The van der Waals surface area contributed by atoms with Crippen LogP contribution in [0.1, 0.15) is 57.3 Å². The van der Waals surface area contributed by atoms with Crippen LogP contribution in [0.15, 0.2) is 53.5 Å². The van der Waals surface area contributed by atoms with Crippen LogP contribution in [0, 0.1) is 0 Å². The van der Waals surface area contributed by atoms with Gasteiger partial charge in [0.1, 0.15) is 22.5 Å². The van der Waals surface area contributed by atoms with Gasteiger partial charge in [-0.2, -0.15) is 62.9 Å². The number of carbonyl (C=O) groups excluding carboxylic acids is 2. The largest absolute Gasteiger partial charge is 0.462 e. The number of aromatic amines is 1. The van der Waals surface area contributed by atoms with Crippen molar-refractivity contribution in [2.24, 2.45) is 0 Å². The number of pyridine rings is 2. The Morgan fingerprint density at radius 3 is 1.63 bits per heavy atom. The molecule has 0 aromatic carbocycles. The first-order valence-corrected chi connectivity index (χ1v) is 13.6. The Hall–Kier alpha value is -4.70. The van der Waals surface area contributed by atoms with E-state index in [2.05, 4.69) is 45.6 Å². The highest BCUT2D eigenvalue weighted by atomic mass is 79.9. The van der Waals surface area contributed by atoms with Gasteiger partial charge in [-0.1, -0.05) is 0 Å². The number of nitrogens with one attached hydrogen (secondary N) is 1. The standard InChI is InChI=1S/C13H9F6N3O2.C7H7F3N2O2.C6H3BrF3N/c1-2-24-11(23)8-6-22(21-10(8)13(17,18)19)7-3-4-9(20-5-7)12(14,15)16;1-2-14-6(13)4-3-11-12-5(4)7(8,9)10;7-4-1-2-5(11-3-4)6(8,9)10/h3-6H,2H2,1H3;3H,2H2,1H3,(H,11,12);1-3H. The average molecular weight is 787 g/mol. The van der Waals surface area contributed by atoms with Crippen LogP contribution in [0.25, 0.3) is 5.69 Å². The molecule has 49 heavy (non-hydrogen) atoms. The number of carbonyl (C=O) groups is 2. The van der Waals surface area contributed by atoms with Crippen LogP contribution < -0.4 is 0 Å². The Bertz CT molecular complexity index is 1680. The first-order valence-electron chi connectivity index (χ1n) is 12.8. The topological polar surface area (TPSA) is 125 Å². The predicted molar refractivity (Wildman–Crippen MR) is 144 cm³/mol. The summed E-state index contributed by atoms with van der Waals surface area (Å²) in [6.45, 7) is 2.78. The maximum Gasteiger partial charge on any atom is 0.436 e. The third-order valence-corrected chi connectivity index (χ3v) is 5.69. The molecule has 0 spiro atoms. The van der Waals surface area contributed by atoms with E-state index in [1.807, 2.05) is 0 Å². The van der Waals surface area contributed by atoms with Crippen LogP contribution in [0.3, 0.4) is 0 Å². The van der Waals surface area contributed by atoms with Crippen molar-refractivity contribution in [3.05, 3.63) is 87.4 Å². The molecule has 4 heterocycles. The van der Waals surface area contributed by atoms with Crippen LogP contribution in [0.4, 0.5) is 52.7 Å². The zero-order valence-electron chi connectivity index (χ0n) is 24.3. The highest BCUT2D eigenvalue weighted by molar-refractivity contribution is 9.10. The molecule has 4 aromatic heterocycles. The van der Waals surface area contributed by atoms with Gasteiger partial charge in [0.15, 0.2) is 11.4 Å². The molecule has 0 amide bonds. The second-order valence-corrected chi connectivity index (χ2v) is 9.61. The Kier molecular flexibility index (Phi) is 13.3. The minimum Gasteiger partial charge on any atom is -0.462 e. The molecule has 4 rings (SSSR count). The Labute approximate surface area is 274 Å². The zero-order valence-corrected chi connectivity index (χ0v) is 25.9. The van der Waals surface area contributed by atoms with Crippen LogP contribution in [0.2, 0.25) is 0 Å². The molecule has 268 valence electrons. The fourth-order valence-corrected chi connectivity index (χ4v) is 3.41. The van der Waals surface area contributed by atoms with Gasteiger partial charge < -0.3 is 9.47 Å². The van der Waals surface area contributed by atoms with Gasteiger partial charge in [-0.15, -0.1) is 0 Å². The summed E-state index contributed by atoms with van der Waals surface area (Å²) < 4.78 is 158. The van der Waals surface area contributed by atoms with Gasteiger partial charge in [-0.3, -0.25) is 10.1 Å². The second-order valence-electron chi connectivity index (χ2n) is 8.69. The molecule has 0 saturated carbocycles. The highest BCUT2D eigenvalue weighted by Gasteiger charge is 2.40. The number of ether oxygens (including phenoxy) is 2. The molecule has 0 aliphatic heterocycles. The lowest BCUT2D eigenvalue weighted by Crippen LogP contribution is -2.14. The number of nitrogens with zero attached hydrogens (tertiary/aromatic N) is 5. The summed E-state index contributed by atoms with van der Waals surface area (Å²) in [7, 11) is 0. The smallest absolute Gasteiger partial charge is 0.436 e. The molecule has 0 radical (unpaired) electrons. The van der Waals surface area contributed by atoms with Crippen molar-refractivity contribution in [2.45, 2.75) is 38.6 Å². The summed E-state index contributed by atoms with van der Waals surface area (Å²) in [6, 6.07) is 3.70. The van der Waals surface area contributed by atoms with E-state index in [1.54, 1.807) is 5.10 Å². The van der Waals surface area contributed by atoms with Crippen molar-refractivity contribution in [3.63, 3.8) is 0 Å². The lowest BCUT2D eigenvalue weighted by molar-refractivity contribution is -0.142. The van der Waals surface area contributed by atoms with Gasteiger partial charge in [0.25, 0.3) is 0 Å². The lowest BCUT2D eigenvalue weighted by atomic mass is 10.2. The summed E-state index contributed by atoms with van der Waals surface area (Å²) in [6.07, 6.45) is -15.3. The zero-order chi connectivity index (χ0) is 37.4. The maximum atomic E-state index is 13.0. The molecule has 0 saturated heterocycles. The molecule has 0 atom stereocenters. The van der Waals surface area contributed by atoms with E-state index in [-0.39, 0.29) is 18.9 Å². The monoisotopic (exact) mass is 786 g/mol. The number of aromatic nitrogens is 6. The number of hydrogen-bond donors (Lipinski definition) is 1. The van der Waals surface area contributed by atoms with Crippen LogP contribution >= 0.6 is 15.9 Å². The molecular weight excluding hydrogens is 768 g/mol. The third-order valence-electron chi connectivity index (χ3n) is 5.22. The first-order chi connectivity index (χ1) is 22.5.